The van der Waals surface area contributed by atoms with Crippen LogP contribution >= 0.6 is 0 Å². The summed E-state index contributed by atoms with van der Waals surface area (Å²) >= 11 is 0. The van der Waals surface area contributed by atoms with Gasteiger partial charge in [-0.3, -0.25) is 0 Å². The number of aryl methyl sites for hydroxylation is 1. The number of rotatable bonds is 5. The van der Waals surface area contributed by atoms with Crippen LogP contribution in [0.15, 0.2) is 17.0 Å². The normalized spacial score (nSPS) is 19.4. The van der Waals surface area contributed by atoms with Crippen molar-refractivity contribution in [1.29, 1.82) is 0 Å². The highest BCUT2D eigenvalue weighted by molar-refractivity contribution is 7.89. The van der Waals surface area contributed by atoms with Crippen molar-refractivity contribution >= 4 is 15.7 Å². The maximum atomic E-state index is 13.9. The Morgan fingerprint density at radius 2 is 2.25 bits per heavy atom. The molecule has 1 atom stereocenters. The summed E-state index contributed by atoms with van der Waals surface area (Å²) in [6.45, 7) is 3.14. The third-order valence-corrected chi connectivity index (χ3v) is 4.86. The van der Waals surface area contributed by atoms with Gasteiger partial charge in [0.1, 0.15) is 10.7 Å². The fourth-order valence-corrected chi connectivity index (χ4v) is 3.48. The van der Waals surface area contributed by atoms with E-state index in [9.17, 15) is 12.8 Å². The van der Waals surface area contributed by atoms with Gasteiger partial charge in [0.05, 0.1) is 0 Å². The molecular weight excluding hydrogens is 283 g/mol. The van der Waals surface area contributed by atoms with Crippen molar-refractivity contribution < 1.29 is 17.5 Å². The fraction of sp³-hybridized carbons (Fsp3) is 0.538. The second kappa shape index (κ2) is 6.07. The summed E-state index contributed by atoms with van der Waals surface area (Å²) < 4.78 is 45.7. The number of benzene rings is 1. The largest absolute Gasteiger partial charge is 0.399 e. The van der Waals surface area contributed by atoms with Gasteiger partial charge in [0.2, 0.25) is 10.0 Å². The first-order chi connectivity index (χ1) is 9.40. The molecule has 1 aromatic carbocycles. The second-order valence-electron chi connectivity index (χ2n) is 5.07. The van der Waals surface area contributed by atoms with Crippen molar-refractivity contribution in [2.75, 3.05) is 25.5 Å². The van der Waals surface area contributed by atoms with Crippen LogP contribution in [-0.4, -0.2) is 28.2 Å². The second-order valence-corrected chi connectivity index (χ2v) is 6.80. The van der Waals surface area contributed by atoms with Crippen molar-refractivity contribution in [2.24, 2.45) is 5.92 Å². The Morgan fingerprint density at radius 3 is 2.90 bits per heavy atom. The molecule has 2 rings (SSSR count). The monoisotopic (exact) mass is 302 g/mol. The lowest BCUT2D eigenvalue weighted by molar-refractivity contribution is 0.184. The van der Waals surface area contributed by atoms with Crippen LogP contribution < -0.4 is 10.5 Å². The maximum Gasteiger partial charge on any atom is 0.243 e. The highest BCUT2D eigenvalue weighted by Crippen LogP contribution is 2.22. The number of halogens is 1. The highest BCUT2D eigenvalue weighted by Gasteiger charge is 2.22. The van der Waals surface area contributed by atoms with E-state index in [2.05, 4.69) is 4.72 Å². The number of hydrogen-bond donors (Lipinski definition) is 2. The highest BCUT2D eigenvalue weighted by atomic mass is 32.2. The first kappa shape index (κ1) is 15.2. The molecule has 1 saturated heterocycles. The summed E-state index contributed by atoms with van der Waals surface area (Å²) in [5, 5.41) is 0. The molecular formula is C13H19FN2O3S. The number of nitrogens with two attached hydrogens (primary N) is 1. The van der Waals surface area contributed by atoms with Gasteiger partial charge >= 0.3 is 0 Å². The number of nitrogen functional groups attached to an aromatic ring is 1. The Balaban J connectivity index is 2.06. The van der Waals surface area contributed by atoms with E-state index in [1.165, 1.54) is 13.0 Å². The molecule has 0 spiro atoms. The van der Waals surface area contributed by atoms with Gasteiger partial charge in [-0.25, -0.2) is 17.5 Å². The molecule has 0 amide bonds. The Hall–Kier alpha value is -1.18. The maximum absolute atomic E-state index is 13.9. The lowest BCUT2D eigenvalue weighted by Gasteiger charge is -2.11. The minimum atomic E-state index is -3.87. The number of hydrogen-bond acceptors (Lipinski definition) is 4. The zero-order chi connectivity index (χ0) is 14.8. The summed E-state index contributed by atoms with van der Waals surface area (Å²) in [4.78, 5) is -0.391. The van der Waals surface area contributed by atoms with Crippen LogP contribution in [0.25, 0.3) is 0 Å². The summed E-state index contributed by atoms with van der Waals surface area (Å²) in [7, 11) is -3.87. The molecule has 0 aromatic heterocycles. The van der Waals surface area contributed by atoms with Crippen LogP contribution in [-0.2, 0) is 14.8 Å². The van der Waals surface area contributed by atoms with Gasteiger partial charge in [-0.2, -0.15) is 0 Å². The zero-order valence-corrected chi connectivity index (χ0v) is 12.2. The quantitative estimate of drug-likeness (QED) is 0.806. The number of ether oxygens (including phenoxy) is 1. The van der Waals surface area contributed by atoms with Gasteiger partial charge in [-0.1, -0.05) is 0 Å². The molecule has 0 radical (unpaired) electrons. The van der Waals surface area contributed by atoms with E-state index in [0.29, 0.717) is 18.9 Å². The first-order valence-electron chi connectivity index (χ1n) is 6.53. The van der Waals surface area contributed by atoms with Crippen molar-refractivity contribution in [3.8, 4) is 0 Å². The summed E-state index contributed by atoms with van der Waals surface area (Å²) in [6, 6.07) is 2.55. The van der Waals surface area contributed by atoms with Crippen molar-refractivity contribution in [2.45, 2.75) is 24.7 Å². The Labute approximate surface area is 118 Å². The molecule has 1 aromatic rings. The van der Waals surface area contributed by atoms with Crippen LogP contribution in [0.1, 0.15) is 18.4 Å². The molecule has 20 heavy (non-hydrogen) atoms. The predicted octanol–water partition coefficient (Wildman–Crippen LogP) is 1.42. The van der Waals surface area contributed by atoms with Crippen LogP contribution in [0.5, 0.6) is 0 Å². The van der Waals surface area contributed by atoms with Gasteiger partial charge in [-0.15, -0.1) is 0 Å². The van der Waals surface area contributed by atoms with Gasteiger partial charge in [0.15, 0.2) is 0 Å². The average molecular weight is 302 g/mol. The zero-order valence-electron chi connectivity index (χ0n) is 11.4. The van der Waals surface area contributed by atoms with E-state index < -0.39 is 20.7 Å². The molecule has 1 aliphatic heterocycles. The van der Waals surface area contributed by atoms with Gasteiger partial charge in [0.25, 0.3) is 0 Å². The van der Waals surface area contributed by atoms with E-state index in [-0.39, 0.29) is 17.8 Å². The van der Waals surface area contributed by atoms with E-state index in [1.54, 1.807) is 0 Å². The molecule has 1 fully saturated rings. The van der Waals surface area contributed by atoms with Crippen LogP contribution in [0, 0.1) is 18.7 Å². The molecule has 5 nitrogen and oxygen atoms in total. The van der Waals surface area contributed by atoms with E-state index in [1.807, 2.05) is 0 Å². The lowest BCUT2D eigenvalue weighted by atomic mass is 10.1. The molecule has 7 heteroatoms. The van der Waals surface area contributed by atoms with Crippen molar-refractivity contribution in [1.82, 2.24) is 4.72 Å². The van der Waals surface area contributed by atoms with E-state index in [4.69, 9.17) is 10.5 Å². The molecule has 3 N–H and O–H groups in total. The lowest BCUT2D eigenvalue weighted by Crippen LogP contribution is -2.27. The Morgan fingerprint density at radius 1 is 1.50 bits per heavy atom. The molecule has 112 valence electrons. The molecule has 0 bridgehead atoms. The third kappa shape index (κ3) is 3.47. The Kier molecular flexibility index (Phi) is 4.62. The molecule has 1 unspecified atom stereocenters. The smallest absolute Gasteiger partial charge is 0.243 e. The molecule has 0 saturated carbocycles. The predicted molar refractivity (Wildman–Crippen MR) is 74.3 cm³/mol. The number of anilines is 1. The van der Waals surface area contributed by atoms with Crippen LogP contribution in [0.2, 0.25) is 0 Å². The van der Waals surface area contributed by atoms with Gasteiger partial charge in [-0.05, 0) is 43.4 Å². The first-order valence-corrected chi connectivity index (χ1v) is 8.01. The van der Waals surface area contributed by atoms with E-state index >= 15 is 0 Å². The molecule has 1 aliphatic rings. The Bertz CT molecular complexity index is 584. The van der Waals surface area contributed by atoms with Crippen LogP contribution in [0.3, 0.4) is 0 Å². The van der Waals surface area contributed by atoms with Gasteiger partial charge < -0.3 is 10.5 Å². The van der Waals surface area contributed by atoms with E-state index in [0.717, 1.165) is 19.1 Å². The minimum absolute atomic E-state index is 0.217. The summed E-state index contributed by atoms with van der Waals surface area (Å²) in [5.41, 5.74) is 6.03. The number of sulfonamides is 1. The van der Waals surface area contributed by atoms with Crippen LogP contribution in [0.4, 0.5) is 10.1 Å². The molecule has 0 aliphatic carbocycles. The fourth-order valence-electron chi connectivity index (χ4n) is 2.25. The third-order valence-electron chi connectivity index (χ3n) is 3.40. The van der Waals surface area contributed by atoms with Crippen molar-refractivity contribution in [3.63, 3.8) is 0 Å². The summed E-state index contributed by atoms with van der Waals surface area (Å²) in [5.74, 6) is -0.388. The summed E-state index contributed by atoms with van der Waals surface area (Å²) in [6.07, 6.45) is 1.62. The molecule has 1 heterocycles. The SMILES string of the molecule is Cc1cc(N)cc(S(=O)(=O)NCCC2CCOC2)c1F. The average Bonchev–Trinajstić information content (AvgIpc) is 2.86. The topological polar surface area (TPSA) is 81.4 Å². The number of nitrogens with one attached hydrogen (secondary N) is 1. The minimum Gasteiger partial charge on any atom is -0.399 e. The van der Waals surface area contributed by atoms with Crippen molar-refractivity contribution in [3.05, 3.63) is 23.5 Å². The standard InChI is InChI=1S/C13H19FN2O3S/c1-9-6-11(15)7-12(13(9)14)20(17,18)16-4-2-10-3-5-19-8-10/h6-7,10,16H,2-5,8,15H2,1H3. The van der Waals surface area contributed by atoms with Gasteiger partial charge in [0, 0.05) is 25.4 Å².